The van der Waals surface area contributed by atoms with Gasteiger partial charge in [-0.05, 0) is 31.0 Å². The fourth-order valence-electron chi connectivity index (χ4n) is 1.97. The van der Waals surface area contributed by atoms with Crippen molar-refractivity contribution in [2.75, 3.05) is 6.61 Å². The summed E-state index contributed by atoms with van der Waals surface area (Å²) < 4.78 is 5.77. The van der Waals surface area contributed by atoms with Crippen LogP contribution in [0.1, 0.15) is 19.4 Å². The molecule has 0 heterocycles. The SMILES string of the molecule is C/C(COCc1ccccc1)=C(\C)C[Si](C)(C)C. The first-order chi connectivity index (χ1) is 8.38. The Morgan fingerprint density at radius 3 is 2.17 bits per heavy atom. The summed E-state index contributed by atoms with van der Waals surface area (Å²) in [6, 6.07) is 11.6. The standard InChI is InChI=1S/C16H26OSi/c1-14(15(2)13-18(3,4)5)11-17-12-16-9-7-6-8-10-16/h6-10H,11-13H2,1-5H3/b15-14-. The Morgan fingerprint density at radius 2 is 1.61 bits per heavy atom. The quantitative estimate of drug-likeness (QED) is 0.524. The third-order valence-corrected chi connectivity index (χ3v) is 4.55. The molecule has 1 aromatic rings. The second-order valence-corrected chi connectivity index (χ2v) is 11.8. The molecule has 0 aliphatic carbocycles. The van der Waals surface area contributed by atoms with Crippen LogP contribution >= 0.6 is 0 Å². The molecule has 0 fully saturated rings. The van der Waals surface area contributed by atoms with Crippen molar-refractivity contribution in [1.82, 2.24) is 0 Å². The van der Waals surface area contributed by atoms with E-state index < -0.39 is 8.07 Å². The average molecular weight is 262 g/mol. The van der Waals surface area contributed by atoms with Gasteiger partial charge in [0, 0.05) is 8.07 Å². The summed E-state index contributed by atoms with van der Waals surface area (Å²) in [6.07, 6.45) is 0. The lowest BCUT2D eigenvalue weighted by atomic mass is 10.2. The zero-order valence-electron chi connectivity index (χ0n) is 12.4. The summed E-state index contributed by atoms with van der Waals surface area (Å²) in [5.41, 5.74) is 4.16. The number of benzene rings is 1. The Bertz CT molecular complexity index is 387. The average Bonchev–Trinajstić information content (AvgIpc) is 2.28. The Kier molecular flexibility index (Phi) is 5.83. The van der Waals surface area contributed by atoms with E-state index in [2.05, 4.69) is 57.8 Å². The molecular formula is C16H26OSi. The van der Waals surface area contributed by atoms with Crippen LogP contribution in [0.4, 0.5) is 0 Å². The zero-order valence-corrected chi connectivity index (χ0v) is 13.4. The van der Waals surface area contributed by atoms with Crippen LogP contribution in [0.25, 0.3) is 0 Å². The van der Waals surface area contributed by atoms with E-state index in [4.69, 9.17) is 4.74 Å². The predicted molar refractivity (Wildman–Crippen MR) is 82.6 cm³/mol. The highest BCUT2D eigenvalue weighted by Gasteiger charge is 2.14. The molecule has 0 spiro atoms. The van der Waals surface area contributed by atoms with Crippen LogP contribution in [-0.4, -0.2) is 14.7 Å². The van der Waals surface area contributed by atoms with E-state index in [1.807, 2.05) is 6.07 Å². The molecule has 0 amide bonds. The van der Waals surface area contributed by atoms with E-state index >= 15 is 0 Å². The molecular weight excluding hydrogens is 236 g/mol. The summed E-state index contributed by atoms with van der Waals surface area (Å²) in [5.74, 6) is 0. The number of ether oxygens (including phenoxy) is 1. The lowest BCUT2D eigenvalue weighted by Crippen LogP contribution is -2.20. The Balaban J connectivity index is 2.41. The van der Waals surface area contributed by atoms with E-state index in [0.29, 0.717) is 6.61 Å². The van der Waals surface area contributed by atoms with Crippen molar-refractivity contribution >= 4 is 8.07 Å². The maximum Gasteiger partial charge on any atom is 0.0721 e. The second kappa shape index (κ2) is 6.91. The molecule has 1 aromatic carbocycles. The van der Waals surface area contributed by atoms with Crippen molar-refractivity contribution in [3.63, 3.8) is 0 Å². The minimum atomic E-state index is -1.000. The summed E-state index contributed by atoms with van der Waals surface area (Å²) in [7, 11) is -1.000. The molecule has 1 nitrogen and oxygen atoms in total. The monoisotopic (exact) mass is 262 g/mol. The molecule has 0 radical (unpaired) electrons. The van der Waals surface area contributed by atoms with Crippen LogP contribution in [0.2, 0.25) is 25.7 Å². The molecule has 1 rings (SSSR count). The lowest BCUT2D eigenvalue weighted by Gasteiger charge is -2.18. The van der Waals surface area contributed by atoms with Crippen molar-refractivity contribution in [3.8, 4) is 0 Å². The van der Waals surface area contributed by atoms with Crippen LogP contribution < -0.4 is 0 Å². The highest BCUT2D eigenvalue weighted by molar-refractivity contribution is 6.76. The summed E-state index contributed by atoms with van der Waals surface area (Å²) in [4.78, 5) is 0. The van der Waals surface area contributed by atoms with Gasteiger partial charge in [0.25, 0.3) is 0 Å². The third kappa shape index (κ3) is 6.17. The topological polar surface area (TPSA) is 9.23 Å². The maximum absolute atomic E-state index is 5.77. The molecule has 0 aliphatic rings. The number of hydrogen-bond acceptors (Lipinski definition) is 1. The predicted octanol–water partition coefficient (Wildman–Crippen LogP) is 4.88. The third-order valence-electron chi connectivity index (χ3n) is 2.95. The van der Waals surface area contributed by atoms with Crippen LogP contribution in [-0.2, 0) is 11.3 Å². The Hall–Kier alpha value is -0.863. The van der Waals surface area contributed by atoms with Gasteiger partial charge in [-0.3, -0.25) is 0 Å². The van der Waals surface area contributed by atoms with Crippen LogP contribution in [0, 0.1) is 0 Å². The van der Waals surface area contributed by atoms with Gasteiger partial charge in [0.05, 0.1) is 13.2 Å². The van der Waals surface area contributed by atoms with Gasteiger partial charge in [-0.2, -0.15) is 0 Å². The second-order valence-electron chi connectivity index (χ2n) is 6.28. The van der Waals surface area contributed by atoms with Gasteiger partial charge in [0.2, 0.25) is 0 Å². The van der Waals surface area contributed by atoms with E-state index in [1.54, 1.807) is 0 Å². The molecule has 18 heavy (non-hydrogen) atoms. The van der Waals surface area contributed by atoms with Crippen molar-refractivity contribution in [1.29, 1.82) is 0 Å². The normalized spacial score (nSPS) is 13.4. The lowest BCUT2D eigenvalue weighted by molar-refractivity contribution is 0.142. The van der Waals surface area contributed by atoms with Crippen molar-refractivity contribution in [3.05, 3.63) is 47.0 Å². The van der Waals surface area contributed by atoms with Gasteiger partial charge in [-0.15, -0.1) is 0 Å². The molecule has 0 atom stereocenters. The highest BCUT2D eigenvalue weighted by atomic mass is 28.3. The highest BCUT2D eigenvalue weighted by Crippen LogP contribution is 2.19. The van der Waals surface area contributed by atoms with E-state index in [1.165, 1.54) is 22.8 Å². The largest absolute Gasteiger partial charge is 0.372 e. The minimum Gasteiger partial charge on any atom is -0.372 e. The summed E-state index contributed by atoms with van der Waals surface area (Å²) in [6.45, 7) is 13.1. The number of hydrogen-bond donors (Lipinski definition) is 0. The van der Waals surface area contributed by atoms with Gasteiger partial charge < -0.3 is 4.74 Å². The van der Waals surface area contributed by atoms with Gasteiger partial charge in [0.15, 0.2) is 0 Å². The van der Waals surface area contributed by atoms with Gasteiger partial charge in [-0.25, -0.2) is 0 Å². The smallest absolute Gasteiger partial charge is 0.0721 e. The van der Waals surface area contributed by atoms with Crippen LogP contribution in [0.3, 0.4) is 0 Å². The number of rotatable bonds is 6. The van der Waals surface area contributed by atoms with Crippen molar-refractivity contribution in [2.45, 2.75) is 46.1 Å². The fourth-order valence-corrected chi connectivity index (χ4v) is 3.86. The first kappa shape index (κ1) is 15.2. The molecule has 0 aromatic heterocycles. The van der Waals surface area contributed by atoms with E-state index in [0.717, 1.165) is 6.61 Å². The summed E-state index contributed by atoms with van der Waals surface area (Å²) >= 11 is 0. The molecule has 100 valence electrons. The van der Waals surface area contributed by atoms with Gasteiger partial charge >= 0.3 is 0 Å². The van der Waals surface area contributed by atoms with Crippen molar-refractivity contribution in [2.24, 2.45) is 0 Å². The Labute approximate surface area is 113 Å². The molecule has 2 heteroatoms. The van der Waals surface area contributed by atoms with Crippen LogP contribution in [0.15, 0.2) is 41.5 Å². The molecule has 0 N–H and O–H groups in total. The van der Waals surface area contributed by atoms with Gasteiger partial charge in [0.1, 0.15) is 0 Å². The fraction of sp³-hybridized carbons (Fsp3) is 0.500. The molecule has 0 aliphatic heterocycles. The zero-order chi connectivity index (χ0) is 13.6. The minimum absolute atomic E-state index is 0.707. The first-order valence-electron chi connectivity index (χ1n) is 6.65. The number of allylic oxidation sites excluding steroid dienone is 1. The van der Waals surface area contributed by atoms with Crippen molar-refractivity contribution < 1.29 is 4.74 Å². The van der Waals surface area contributed by atoms with Gasteiger partial charge in [-0.1, -0.05) is 55.5 Å². The molecule has 0 saturated heterocycles. The van der Waals surface area contributed by atoms with E-state index in [9.17, 15) is 0 Å². The van der Waals surface area contributed by atoms with E-state index in [-0.39, 0.29) is 0 Å². The van der Waals surface area contributed by atoms with Crippen LogP contribution in [0.5, 0.6) is 0 Å². The summed E-state index contributed by atoms with van der Waals surface area (Å²) in [5, 5.41) is 0. The first-order valence-corrected chi connectivity index (χ1v) is 10.4. The maximum atomic E-state index is 5.77. The Morgan fingerprint density at radius 1 is 1.00 bits per heavy atom. The molecule has 0 saturated carbocycles. The molecule has 0 bridgehead atoms. The molecule has 0 unspecified atom stereocenters.